The van der Waals surface area contributed by atoms with Gasteiger partial charge in [0.2, 0.25) is 11.8 Å². The van der Waals surface area contributed by atoms with Gasteiger partial charge in [-0.15, -0.1) is 0 Å². The van der Waals surface area contributed by atoms with E-state index in [0.29, 0.717) is 23.7 Å². The molecular weight excluding hydrogens is 348 g/mol. The van der Waals surface area contributed by atoms with Gasteiger partial charge in [0.1, 0.15) is 23.8 Å². The Balaban J connectivity index is 2.07. The van der Waals surface area contributed by atoms with Gasteiger partial charge in [0.15, 0.2) is 0 Å². The fourth-order valence-electron chi connectivity index (χ4n) is 2.50. The number of nitrogens with zero attached hydrogens (tertiary/aromatic N) is 1. The lowest BCUT2D eigenvalue weighted by molar-refractivity contribution is -0.133. The Morgan fingerprint density at radius 1 is 0.926 bits per heavy atom. The average molecular weight is 372 g/mol. The Bertz CT molecular complexity index is 789. The van der Waals surface area contributed by atoms with Gasteiger partial charge in [-0.1, -0.05) is 12.1 Å². The molecule has 0 aromatic heterocycles. The van der Waals surface area contributed by atoms with Gasteiger partial charge in [-0.3, -0.25) is 9.59 Å². The molecule has 0 heterocycles. The summed E-state index contributed by atoms with van der Waals surface area (Å²) in [6.07, 6.45) is 0. The number of carbonyl (C=O) groups is 2. The lowest BCUT2D eigenvalue weighted by Crippen LogP contribution is -2.36. The van der Waals surface area contributed by atoms with Crippen LogP contribution in [0.15, 0.2) is 42.5 Å². The Morgan fingerprint density at radius 2 is 1.56 bits per heavy atom. The molecule has 0 aliphatic carbocycles. The zero-order chi connectivity index (χ0) is 19.8. The third-order valence-corrected chi connectivity index (χ3v) is 3.99. The maximum absolute atomic E-state index is 12.5. The average Bonchev–Trinajstić information content (AvgIpc) is 2.67. The molecule has 0 fully saturated rings. The van der Waals surface area contributed by atoms with Crippen molar-refractivity contribution >= 4 is 17.5 Å². The summed E-state index contributed by atoms with van der Waals surface area (Å²) < 4.78 is 15.6. The summed E-state index contributed by atoms with van der Waals surface area (Å²) in [4.78, 5) is 25.9. The van der Waals surface area contributed by atoms with Crippen LogP contribution in [-0.4, -0.2) is 44.6 Å². The first-order valence-corrected chi connectivity index (χ1v) is 8.37. The Hall–Kier alpha value is -3.22. The van der Waals surface area contributed by atoms with Crippen molar-refractivity contribution in [3.05, 3.63) is 48.0 Å². The van der Waals surface area contributed by atoms with Gasteiger partial charge < -0.3 is 24.4 Å². The number of anilines is 1. The first-order chi connectivity index (χ1) is 13.0. The molecule has 2 aromatic carbocycles. The van der Waals surface area contributed by atoms with E-state index >= 15 is 0 Å². The molecule has 0 unspecified atom stereocenters. The van der Waals surface area contributed by atoms with E-state index in [0.717, 1.165) is 11.3 Å². The number of carbonyl (C=O) groups excluding carboxylic acids is 2. The van der Waals surface area contributed by atoms with Gasteiger partial charge >= 0.3 is 0 Å². The number of benzene rings is 2. The van der Waals surface area contributed by atoms with Gasteiger partial charge in [0.05, 0.1) is 27.0 Å². The SMILES string of the molecule is COc1ccc(CN(CC(=O)Nc2cc(OC)ccc2OC)C(C)=O)cc1. The van der Waals surface area contributed by atoms with E-state index in [1.54, 1.807) is 32.4 Å². The number of methoxy groups -OCH3 is 3. The Labute approximate surface area is 158 Å². The third-order valence-electron chi connectivity index (χ3n) is 3.99. The summed E-state index contributed by atoms with van der Waals surface area (Å²) in [6, 6.07) is 12.5. The first kappa shape index (κ1) is 20.1. The van der Waals surface area contributed by atoms with Crippen LogP contribution in [0.3, 0.4) is 0 Å². The lowest BCUT2D eigenvalue weighted by Gasteiger charge is -2.21. The molecule has 0 aliphatic rings. The zero-order valence-corrected chi connectivity index (χ0v) is 15.9. The molecule has 1 N–H and O–H groups in total. The van der Waals surface area contributed by atoms with Crippen molar-refractivity contribution in [1.29, 1.82) is 0 Å². The molecule has 0 saturated heterocycles. The van der Waals surface area contributed by atoms with Crippen LogP contribution in [0, 0.1) is 0 Å². The van der Waals surface area contributed by atoms with E-state index in [-0.39, 0.29) is 18.4 Å². The van der Waals surface area contributed by atoms with Crippen LogP contribution >= 0.6 is 0 Å². The summed E-state index contributed by atoms with van der Waals surface area (Å²) in [5, 5.41) is 2.77. The number of nitrogens with one attached hydrogen (secondary N) is 1. The van der Waals surface area contributed by atoms with Gasteiger partial charge in [0, 0.05) is 19.5 Å². The molecule has 7 heteroatoms. The maximum atomic E-state index is 12.5. The molecule has 0 spiro atoms. The molecule has 144 valence electrons. The normalized spacial score (nSPS) is 10.1. The number of hydrogen-bond donors (Lipinski definition) is 1. The van der Waals surface area contributed by atoms with Crippen LogP contribution in [0.1, 0.15) is 12.5 Å². The predicted molar refractivity (Wildman–Crippen MR) is 102 cm³/mol. The highest BCUT2D eigenvalue weighted by Gasteiger charge is 2.16. The van der Waals surface area contributed by atoms with Crippen molar-refractivity contribution in [2.24, 2.45) is 0 Å². The van der Waals surface area contributed by atoms with Crippen LogP contribution in [0.4, 0.5) is 5.69 Å². The second kappa shape index (κ2) is 9.47. The summed E-state index contributed by atoms with van der Waals surface area (Å²) in [5.41, 5.74) is 1.38. The Kier molecular flexibility index (Phi) is 7.05. The van der Waals surface area contributed by atoms with Crippen molar-refractivity contribution in [2.75, 3.05) is 33.2 Å². The third kappa shape index (κ3) is 5.64. The summed E-state index contributed by atoms with van der Waals surface area (Å²) in [7, 11) is 4.65. The van der Waals surface area contributed by atoms with Crippen molar-refractivity contribution < 1.29 is 23.8 Å². The van der Waals surface area contributed by atoms with Crippen LogP contribution in [0.5, 0.6) is 17.2 Å². The van der Waals surface area contributed by atoms with Crippen molar-refractivity contribution in [1.82, 2.24) is 4.90 Å². The van der Waals surface area contributed by atoms with Crippen LogP contribution < -0.4 is 19.5 Å². The molecule has 0 bridgehead atoms. The molecule has 0 atom stereocenters. The lowest BCUT2D eigenvalue weighted by atomic mass is 10.2. The van der Waals surface area contributed by atoms with Gasteiger partial charge in [0.25, 0.3) is 0 Å². The highest BCUT2D eigenvalue weighted by molar-refractivity contribution is 5.95. The van der Waals surface area contributed by atoms with Gasteiger partial charge in [-0.25, -0.2) is 0 Å². The zero-order valence-electron chi connectivity index (χ0n) is 15.9. The Morgan fingerprint density at radius 3 is 2.11 bits per heavy atom. The summed E-state index contributed by atoms with van der Waals surface area (Å²) in [5.74, 6) is 1.31. The summed E-state index contributed by atoms with van der Waals surface area (Å²) in [6.45, 7) is 1.67. The van der Waals surface area contributed by atoms with Crippen molar-refractivity contribution in [2.45, 2.75) is 13.5 Å². The standard InChI is InChI=1S/C20H24N2O5/c1-14(23)22(12-15-5-7-16(25-2)8-6-15)13-20(24)21-18-11-17(26-3)9-10-19(18)27-4/h5-11H,12-13H2,1-4H3,(H,21,24). The molecule has 7 nitrogen and oxygen atoms in total. The second-order valence-electron chi connectivity index (χ2n) is 5.84. The smallest absolute Gasteiger partial charge is 0.244 e. The van der Waals surface area contributed by atoms with Crippen molar-refractivity contribution in [3.63, 3.8) is 0 Å². The minimum Gasteiger partial charge on any atom is -0.497 e. The second-order valence-corrected chi connectivity index (χ2v) is 5.84. The molecule has 27 heavy (non-hydrogen) atoms. The maximum Gasteiger partial charge on any atom is 0.244 e. The number of hydrogen-bond acceptors (Lipinski definition) is 5. The molecule has 0 radical (unpaired) electrons. The predicted octanol–water partition coefficient (Wildman–Crippen LogP) is 2.70. The largest absolute Gasteiger partial charge is 0.497 e. The number of rotatable bonds is 8. The number of ether oxygens (including phenoxy) is 3. The number of amides is 2. The van der Waals surface area contributed by atoms with Gasteiger partial charge in [-0.05, 0) is 29.8 Å². The quantitative estimate of drug-likeness (QED) is 0.771. The molecular formula is C20H24N2O5. The fraction of sp³-hybridized carbons (Fsp3) is 0.300. The van der Waals surface area contributed by atoms with E-state index < -0.39 is 0 Å². The molecule has 2 amide bonds. The minimum atomic E-state index is -0.328. The van der Waals surface area contributed by atoms with Gasteiger partial charge in [-0.2, -0.15) is 0 Å². The van der Waals surface area contributed by atoms with Crippen LogP contribution in [0.2, 0.25) is 0 Å². The van der Waals surface area contributed by atoms with E-state index in [1.165, 1.54) is 18.9 Å². The first-order valence-electron chi connectivity index (χ1n) is 8.37. The van der Waals surface area contributed by atoms with E-state index in [4.69, 9.17) is 14.2 Å². The monoisotopic (exact) mass is 372 g/mol. The molecule has 0 saturated carbocycles. The van der Waals surface area contributed by atoms with E-state index in [9.17, 15) is 9.59 Å². The van der Waals surface area contributed by atoms with Crippen LogP contribution in [-0.2, 0) is 16.1 Å². The van der Waals surface area contributed by atoms with Crippen molar-refractivity contribution in [3.8, 4) is 17.2 Å². The van der Waals surface area contributed by atoms with Crippen LogP contribution in [0.25, 0.3) is 0 Å². The molecule has 2 rings (SSSR count). The van der Waals surface area contributed by atoms with E-state index in [2.05, 4.69) is 5.32 Å². The topological polar surface area (TPSA) is 77.1 Å². The molecule has 2 aromatic rings. The molecule has 0 aliphatic heterocycles. The highest BCUT2D eigenvalue weighted by Crippen LogP contribution is 2.28. The summed E-state index contributed by atoms with van der Waals surface area (Å²) >= 11 is 0. The minimum absolute atomic E-state index is 0.0816. The fourth-order valence-corrected chi connectivity index (χ4v) is 2.50. The van der Waals surface area contributed by atoms with E-state index in [1.807, 2.05) is 24.3 Å². The highest BCUT2D eigenvalue weighted by atomic mass is 16.5.